The molecule has 0 N–H and O–H groups in total. The predicted molar refractivity (Wildman–Crippen MR) is 56.5 cm³/mol. The van der Waals surface area contributed by atoms with Gasteiger partial charge in [0.1, 0.15) is 0 Å². The molecule has 2 nitrogen and oxygen atoms in total. The summed E-state index contributed by atoms with van der Waals surface area (Å²) in [5.41, 5.74) is 1.29. The topological polar surface area (TPSA) is 20.3 Å². The average Bonchev–Trinajstić information content (AvgIpc) is 2.45. The van der Waals surface area contributed by atoms with Crippen LogP contribution in [0.5, 0.6) is 0 Å². The second kappa shape index (κ2) is 3.92. The predicted octanol–water partition coefficient (Wildman–Crippen LogP) is 2.32. The van der Waals surface area contributed by atoms with Crippen LogP contribution in [0.4, 0.5) is 0 Å². The van der Waals surface area contributed by atoms with Crippen LogP contribution in [-0.2, 0) is 6.42 Å². The normalized spacial score (nSPS) is 10.2. The number of aryl methyl sites for hydroxylation is 2. The third-order valence-corrected chi connectivity index (χ3v) is 3.10. The number of nitrogens with zero attached hydrogens (tertiary/aromatic N) is 1. The van der Waals surface area contributed by atoms with Crippen LogP contribution >= 0.6 is 11.3 Å². The number of hydrogen-bond acceptors (Lipinski definition) is 2. The molecule has 1 rings (SSSR count). The van der Waals surface area contributed by atoms with Gasteiger partial charge in [-0.05, 0) is 25.0 Å². The maximum Gasteiger partial charge on any atom is 0.263 e. The highest BCUT2D eigenvalue weighted by Crippen LogP contribution is 2.22. The third-order valence-electron chi connectivity index (χ3n) is 2.02. The van der Waals surface area contributed by atoms with Crippen LogP contribution < -0.4 is 0 Å². The van der Waals surface area contributed by atoms with Gasteiger partial charge in [0.15, 0.2) is 0 Å². The lowest BCUT2D eigenvalue weighted by atomic mass is 10.2. The van der Waals surface area contributed by atoms with Gasteiger partial charge < -0.3 is 4.90 Å². The highest BCUT2D eigenvalue weighted by Gasteiger charge is 2.12. The first kappa shape index (κ1) is 10.3. The van der Waals surface area contributed by atoms with E-state index in [0.29, 0.717) is 0 Å². The van der Waals surface area contributed by atoms with E-state index in [0.717, 1.165) is 11.3 Å². The molecule has 1 aromatic rings. The second-order valence-electron chi connectivity index (χ2n) is 3.25. The monoisotopic (exact) mass is 197 g/mol. The van der Waals surface area contributed by atoms with Crippen LogP contribution in [0.3, 0.4) is 0 Å². The molecule has 72 valence electrons. The number of carbonyl (C=O) groups excluding carboxylic acids is 1. The molecule has 0 aromatic carbocycles. The van der Waals surface area contributed by atoms with E-state index < -0.39 is 0 Å². The van der Waals surface area contributed by atoms with Crippen LogP contribution in [0, 0.1) is 6.92 Å². The summed E-state index contributed by atoms with van der Waals surface area (Å²) < 4.78 is 0. The molecular weight excluding hydrogens is 182 g/mol. The molecule has 0 saturated carbocycles. The van der Waals surface area contributed by atoms with Gasteiger partial charge in [-0.3, -0.25) is 4.79 Å². The third kappa shape index (κ3) is 2.10. The lowest BCUT2D eigenvalue weighted by Crippen LogP contribution is -2.20. The molecule has 0 saturated heterocycles. The van der Waals surface area contributed by atoms with Crippen molar-refractivity contribution in [1.29, 1.82) is 0 Å². The summed E-state index contributed by atoms with van der Waals surface area (Å²) in [6, 6.07) is 2.00. The SMILES string of the molecule is CCc1cc(C(=O)N(C)C)sc1C. The molecule has 3 heteroatoms. The average molecular weight is 197 g/mol. The Morgan fingerprint density at radius 2 is 2.15 bits per heavy atom. The maximum absolute atomic E-state index is 11.6. The molecule has 0 atom stereocenters. The molecule has 0 radical (unpaired) electrons. The summed E-state index contributed by atoms with van der Waals surface area (Å²) in [6.07, 6.45) is 1.00. The van der Waals surface area contributed by atoms with E-state index in [9.17, 15) is 4.79 Å². The summed E-state index contributed by atoms with van der Waals surface area (Å²) in [5, 5.41) is 0. The highest BCUT2D eigenvalue weighted by molar-refractivity contribution is 7.14. The molecule has 0 aliphatic heterocycles. The van der Waals surface area contributed by atoms with Crippen molar-refractivity contribution in [2.75, 3.05) is 14.1 Å². The molecule has 0 fully saturated rings. The Balaban J connectivity index is 2.97. The zero-order valence-electron chi connectivity index (χ0n) is 8.55. The van der Waals surface area contributed by atoms with Crippen LogP contribution in [0.15, 0.2) is 6.07 Å². The fourth-order valence-corrected chi connectivity index (χ4v) is 2.33. The van der Waals surface area contributed by atoms with Crippen LogP contribution in [0.1, 0.15) is 27.0 Å². The summed E-state index contributed by atoms with van der Waals surface area (Å²) >= 11 is 1.58. The minimum atomic E-state index is 0.104. The van der Waals surface area contributed by atoms with Crippen molar-refractivity contribution in [3.63, 3.8) is 0 Å². The fourth-order valence-electron chi connectivity index (χ4n) is 1.20. The van der Waals surface area contributed by atoms with Crippen molar-refractivity contribution in [2.45, 2.75) is 20.3 Å². The van der Waals surface area contributed by atoms with Crippen LogP contribution in [-0.4, -0.2) is 24.9 Å². The second-order valence-corrected chi connectivity index (χ2v) is 4.50. The molecule has 0 spiro atoms. The van der Waals surface area contributed by atoms with Gasteiger partial charge in [-0.2, -0.15) is 0 Å². The number of carbonyl (C=O) groups is 1. The molecule has 13 heavy (non-hydrogen) atoms. The van der Waals surface area contributed by atoms with Crippen molar-refractivity contribution >= 4 is 17.2 Å². The van der Waals surface area contributed by atoms with E-state index in [2.05, 4.69) is 13.8 Å². The van der Waals surface area contributed by atoms with E-state index in [1.807, 2.05) is 6.07 Å². The Morgan fingerprint density at radius 3 is 2.54 bits per heavy atom. The Hall–Kier alpha value is -0.830. The van der Waals surface area contributed by atoms with Crippen molar-refractivity contribution < 1.29 is 4.79 Å². The molecule has 0 aliphatic rings. The van der Waals surface area contributed by atoms with Gasteiger partial charge in [-0.15, -0.1) is 11.3 Å². The number of thiophene rings is 1. The smallest absolute Gasteiger partial charge is 0.263 e. The summed E-state index contributed by atoms with van der Waals surface area (Å²) in [6.45, 7) is 4.18. The quantitative estimate of drug-likeness (QED) is 0.712. The van der Waals surface area contributed by atoms with E-state index >= 15 is 0 Å². The minimum absolute atomic E-state index is 0.104. The first-order valence-electron chi connectivity index (χ1n) is 4.37. The van der Waals surface area contributed by atoms with E-state index in [1.165, 1.54) is 10.4 Å². The molecule has 1 amide bonds. The minimum Gasteiger partial charge on any atom is -0.344 e. The molecule has 0 aliphatic carbocycles. The standard InChI is InChI=1S/C10H15NOS/c1-5-8-6-9(13-7(8)2)10(12)11(3)4/h6H,5H2,1-4H3. The van der Waals surface area contributed by atoms with Gasteiger partial charge in [0.05, 0.1) is 4.88 Å². The zero-order chi connectivity index (χ0) is 10.0. The Kier molecular flexibility index (Phi) is 3.09. The number of hydrogen-bond donors (Lipinski definition) is 0. The molecular formula is C10H15NOS. The van der Waals surface area contributed by atoms with Crippen molar-refractivity contribution in [3.05, 3.63) is 21.4 Å². The van der Waals surface area contributed by atoms with Gasteiger partial charge >= 0.3 is 0 Å². The summed E-state index contributed by atoms with van der Waals surface area (Å²) in [7, 11) is 3.56. The molecule has 1 heterocycles. The highest BCUT2D eigenvalue weighted by atomic mass is 32.1. The Labute approximate surface area is 83.2 Å². The molecule has 0 bridgehead atoms. The van der Waals surface area contributed by atoms with Crippen LogP contribution in [0.2, 0.25) is 0 Å². The van der Waals surface area contributed by atoms with E-state index in [-0.39, 0.29) is 5.91 Å². The van der Waals surface area contributed by atoms with Gasteiger partial charge in [-0.1, -0.05) is 6.92 Å². The fraction of sp³-hybridized carbons (Fsp3) is 0.500. The lowest BCUT2D eigenvalue weighted by Gasteiger charge is -2.06. The van der Waals surface area contributed by atoms with Gasteiger partial charge in [-0.25, -0.2) is 0 Å². The van der Waals surface area contributed by atoms with Gasteiger partial charge in [0.25, 0.3) is 5.91 Å². The first-order valence-corrected chi connectivity index (χ1v) is 5.18. The van der Waals surface area contributed by atoms with E-state index in [4.69, 9.17) is 0 Å². The number of amides is 1. The van der Waals surface area contributed by atoms with E-state index in [1.54, 1.807) is 30.3 Å². The van der Waals surface area contributed by atoms with Crippen molar-refractivity contribution in [1.82, 2.24) is 4.90 Å². The van der Waals surface area contributed by atoms with Gasteiger partial charge in [0.2, 0.25) is 0 Å². The molecule has 0 unspecified atom stereocenters. The number of rotatable bonds is 2. The summed E-state index contributed by atoms with van der Waals surface area (Å²) in [4.78, 5) is 15.3. The van der Waals surface area contributed by atoms with Crippen LogP contribution in [0.25, 0.3) is 0 Å². The lowest BCUT2D eigenvalue weighted by molar-refractivity contribution is 0.0832. The molecule has 1 aromatic heterocycles. The summed E-state index contributed by atoms with van der Waals surface area (Å²) in [5.74, 6) is 0.104. The zero-order valence-corrected chi connectivity index (χ0v) is 9.36. The van der Waals surface area contributed by atoms with Gasteiger partial charge in [0, 0.05) is 19.0 Å². The van der Waals surface area contributed by atoms with Crippen molar-refractivity contribution in [2.24, 2.45) is 0 Å². The largest absolute Gasteiger partial charge is 0.344 e. The first-order chi connectivity index (χ1) is 6.06. The Bertz CT molecular complexity index is 315. The van der Waals surface area contributed by atoms with Crippen molar-refractivity contribution in [3.8, 4) is 0 Å². The Morgan fingerprint density at radius 1 is 1.54 bits per heavy atom. The maximum atomic E-state index is 11.6.